The molecule has 0 radical (unpaired) electrons. The van der Waals surface area contributed by atoms with Gasteiger partial charge in [-0.2, -0.15) is 0 Å². The molecule has 86 valence electrons. The molecule has 3 N–H and O–H groups in total. The van der Waals surface area contributed by atoms with Crippen LogP contribution in [0.5, 0.6) is 0 Å². The van der Waals surface area contributed by atoms with E-state index in [1.807, 2.05) is 20.8 Å². The van der Waals surface area contributed by atoms with Crippen molar-refractivity contribution < 1.29 is 4.79 Å². The highest BCUT2D eigenvalue weighted by molar-refractivity contribution is 7.09. The van der Waals surface area contributed by atoms with Gasteiger partial charge in [0.15, 0.2) is 0 Å². The molecule has 1 amide bonds. The molecule has 15 heavy (non-hydrogen) atoms. The van der Waals surface area contributed by atoms with Crippen molar-refractivity contribution in [1.29, 1.82) is 0 Å². The lowest BCUT2D eigenvalue weighted by molar-refractivity contribution is 0.0915. The van der Waals surface area contributed by atoms with Crippen molar-refractivity contribution in [2.24, 2.45) is 5.73 Å². The fourth-order valence-corrected chi connectivity index (χ4v) is 1.57. The Morgan fingerprint density at radius 1 is 1.60 bits per heavy atom. The summed E-state index contributed by atoms with van der Waals surface area (Å²) in [6, 6.07) is 0. The Morgan fingerprint density at radius 2 is 2.20 bits per heavy atom. The number of hydrogen-bond donors (Lipinski definition) is 2. The van der Waals surface area contributed by atoms with Crippen LogP contribution in [-0.2, 0) is 6.54 Å². The second-order valence-corrected chi connectivity index (χ2v) is 4.98. The van der Waals surface area contributed by atoms with Gasteiger partial charge < -0.3 is 11.1 Å². The van der Waals surface area contributed by atoms with E-state index in [1.54, 1.807) is 5.38 Å². The number of aromatic nitrogens is 1. The molecule has 1 aromatic rings. The average molecular weight is 250 g/mol. The maximum absolute atomic E-state index is 11.6. The van der Waals surface area contributed by atoms with Gasteiger partial charge in [0.2, 0.25) is 0 Å². The number of carbonyl (C=O) groups excluding carboxylic acids is 1. The number of halogens is 1. The van der Waals surface area contributed by atoms with Gasteiger partial charge >= 0.3 is 0 Å². The van der Waals surface area contributed by atoms with Crippen molar-refractivity contribution in [2.75, 3.05) is 0 Å². The molecular weight excluding hydrogens is 234 g/mol. The van der Waals surface area contributed by atoms with Crippen LogP contribution < -0.4 is 11.1 Å². The Kier molecular flexibility index (Phi) is 5.20. The van der Waals surface area contributed by atoms with Crippen molar-refractivity contribution in [3.63, 3.8) is 0 Å². The zero-order chi connectivity index (χ0) is 10.8. The van der Waals surface area contributed by atoms with E-state index < -0.39 is 0 Å². The summed E-state index contributed by atoms with van der Waals surface area (Å²) >= 11 is 1.41. The third-order valence-electron chi connectivity index (χ3n) is 1.45. The predicted molar refractivity (Wildman–Crippen MR) is 64.5 cm³/mol. The molecule has 0 spiro atoms. The number of amides is 1. The van der Waals surface area contributed by atoms with E-state index >= 15 is 0 Å². The molecule has 1 rings (SSSR count). The predicted octanol–water partition coefficient (Wildman–Crippen LogP) is 1.55. The first-order chi connectivity index (χ1) is 6.42. The Morgan fingerprint density at radius 3 is 2.60 bits per heavy atom. The van der Waals surface area contributed by atoms with Crippen molar-refractivity contribution >= 4 is 29.7 Å². The standard InChI is InChI=1S/C9H15N3OS.ClH/c1-9(2,3)12-8(13)6-5-14-7(4-10)11-6;/h5H,4,10H2,1-3H3,(H,12,13);1H. The first-order valence-electron chi connectivity index (χ1n) is 4.39. The number of hydrogen-bond acceptors (Lipinski definition) is 4. The van der Waals surface area contributed by atoms with Gasteiger partial charge in [0.05, 0.1) is 0 Å². The summed E-state index contributed by atoms with van der Waals surface area (Å²) in [5.74, 6) is -0.145. The molecule has 1 aromatic heterocycles. The lowest BCUT2D eigenvalue weighted by Crippen LogP contribution is -2.40. The molecule has 4 nitrogen and oxygen atoms in total. The molecule has 0 aliphatic carbocycles. The second-order valence-electron chi connectivity index (χ2n) is 4.03. The van der Waals surface area contributed by atoms with Crippen LogP contribution in [0.4, 0.5) is 0 Å². The number of thiazole rings is 1. The molecule has 0 bridgehead atoms. The molecule has 1 heterocycles. The molecule has 0 unspecified atom stereocenters. The minimum Gasteiger partial charge on any atom is -0.346 e. The van der Waals surface area contributed by atoms with E-state index in [1.165, 1.54) is 11.3 Å². The van der Waals surface area contributed by atoms with Crippen LogP contribution in [0.3, 0.4) is 0 Å². The number of nitrogens with one attached hydrogen (secondary N) is 1. The molecule has 0 fully saturated rings. The van der Waals surface area contributed by atoms with Gasteiger partial charge in [0, 0.05) is 17.5 Å². The van der Waals surface area contributed by atoms with E-state index in [4.69, 9.17) is 5.73 Å². The monoisotopic (exact) mass is 249 g/mol. The first-order valence-corrected chi connectivity index (χ1v) is 5.27. The third kappa shape index (κ3) is 4.59. The molecule has 0 saturated carbocycles. The van der Waals surface area contributed by atoms with Gasteiger partial charge in [-0.1, -0.05) is 0 Å². The van der Waals surface area contributed by atoms with Crippen LogP contribution in [-0.4, -0.2) is 16.4 Å². The van der Waals surface area contributed by atoms with Crippen molar-refractivity contribution in [1.82, 2.24) is 10.3 Å². The molecule has 0 atom stereocenters. The maximum atomic E-state index is 11.6. The minimum atomic E-state index is -0.233. The van der Waals surface area contributed by atoms with Crippen LogP contribution in [0.25, 0.3) is 0 Å². The average Bonchev–Trinajstić information content (AvgIpc) is 2.48. The molecule has 6 heteroatoms. The topological polar surface area (TPSA) is 68.0 Å². The number of nitrogens with zero attached hydrogens (tertiary/aromatic N) is 1. The van der Waals surface area contributed by atoms with Crippen molar-refractivity contribution in [2.45, 2.75) is 32.9 Å². The van der Waals surface area contributed by atoms with Crippen LogP contribution in [0.15, 0.2) is 5.38 Å². The highest BCUT2D eigenvalue weighted by Crippen LogP contribution is 2.10. The normalized spacial score (nSPS) is 10.7. The number of nitrogens with two attached hydrogens (primary N) is 1. The second kappa shape index (κ2) is 5.44. The van der Waals surface area contributed by atoms with Gasteiger partial charge in [0.25, 0.3) is 5.91 Å². The molecule has 0 aromatic carbocycles. The summed E-state index contributed by atoms with van der Waals surface area (Å²) in [4.78, 5) is 15.7. The summed E-state index contributed by atoms with van der Waals surface area (Å²) in [5.41, 5.74) is 5.62. The van der Waals surface area contributed by atoms with Gasteiger partial charge in [0.1, 0.15) is 10.7 Å². The highest BCUT2D eigenvalue weighted by atomic mass is 35.5. The largest absolute Gasteiger partial charge is 0.346 e. The minimum absolute atomic E-state index is 0. The van der Waals surface area contributed by atoms with Crippen LogP contribution >= 0.6 is 23.7 Å². The first kappa shape index (κ1) is 14.3. The zero-order valence-corrected chi connectivity index (χ0v) is 10.7. The zero-order valence-electron chi connectivity index (χ0n) is 9.03. The van der Waals surface area contributed by atoms with Crippen LogP contribution in [0, 0.1) is 0 Å². The van der Waals surface area contributed by atoms with Gasteiger partial charge in [-0.05, 0) is 20.8 Å². The van der Waals surface area contributed by atoms with Crippen molar-refractivity contribution in [3.8, 4) is 0 Å². The Balaban J connectivity index is 0.00000196. The fraction of sp³-hybridized carbons (Fsp3) is 0.556. The maximum Gasteiger partial charge on any atom is 0.271 e. The van der Waals surface area contributed by atoms with E-state index in [0.717, 1.165) is 5.01 Å². The van der Waals surface area contributed by atoms with E-state index in [9.17, 15) is 4.79 Å². The van der Waals surface area contributed by atoms with Crippen LogP contribution in [0.1, 0.15) is 36.3 Å². The molecule has 0 saturated heterocycles. The van der Waals surface area contributed by atoms with E-state index in [0.29, 0.717) is 12.2 Å². The molecular formula is C9H16ClN3OS. The van der Waals surface area contributed by atoms with Crippen LogP contribution in [0.2, 0.25) is 0 Å². The summed E-state index contributed by atoms with van der Waals surface area (Å²) in [6.07, 6.45) is 0. The summed E-state index contributed by atoms with van der Waals surface area (Å²) in [5, 5.41) is 5.34. The summed E-state index contributed by atoms with van der Waals surface area (Å²) in [6.45, 7) is 6.18. The molecule has 0 aliphatic heterocycles. The van der Waals surface area contributed by atoms with Gasteiger partial charge in [-0.3, -0.25) is 4.79 Å². The highest BCUT2D eigenvalue weighted by Gasteiger charge is 2.17. The number of carbonyl (C=O) groups is 1. The Hall–Kier alpha value is -0.650. The quantitative estimate of drug-likeness (QED) is 0.836. The summed E-state index contributed by atoms with van der Waals surface area (Å²) in [7, 11) is 0. The lowest BCUT2D eigenvalue weighted by atomic mass is 10.1. The smallest absolute Gasteiger partial charge is 0.271 e. The van der Waals surface area contributed by atoms with Gasteiger partial charge in [-0.15, -0.1) is 23.7 Å². The number of rotatable bonds is 2. The molecule has 0 aliphatic rings. The SMILES string of the molecule is CC(C)(C)NC(=O)c1csc(CN)n1.Cl. The lowest BCUT2D eigenvalue weighted by Gasteiger charge is -2.19. The Labute approximate surface area is 99.7 Å². The van der Waals surface area contributed by atoms with E-state index in [2.05, 4.69) is 10.3 Å². The van der Waals surface area contributed by atoms with E-state index in [-0.39, 0.29) is 23.9 Å². The Bertz CT molecular complexity index is 332. The fourth-order valence-electron chi connectivity index (χ4n) is 0.914. The van der Waals surface area contributed by atoms with Gasteiger partial charge in [-0.25, -0.2) is 4.98 Å². The van der Waals surface area contributed by atoms with Crippen molar-refractivity contribution in [3.05, 3.63) is 16.1 Å². The summed E-state index contributed by atoms with van der Waals surface area (Å²) < 4.78 is 0. The third-order valence-corrected chi connectivity index (χ3v) is 2.32.